The Labute approximate surface area is 98.5 Å². The highest BCUT2D eigenvalue weighted by molar-refractivity contribution is 6.08. The molecule has 0 aliphatic carbocycles. The van der Waals surface area contributed by atoms with Crippen LogP contribution in [-0.4, -0.2) is 25.6 Å². The van der Waals surface area contributed by atoms with Crippen molar-refractivity contribution in [2.45, 2.75) is 0 Å². The normalized spacial score (nSPS) is 10.5. The Bertz CT molecular complexity index is 475. The fraction of sp³-hybridized carbons (Fsp3) is 0.167. The molecule has 5 heteroatoms. The molecule has 0 aliphatic heterocycles. The van der Waals surface area contributed by atoms with Gasteiger partial charge in [-0.1, -0.05) is 0 Å². The minimum Gasteiger partial charge on any atom is -0.502 e. The number of allylic oxidation sites excluding steroid dienone is 2. The van der Waals surface area contributed by atoms with Crippen LogP contribution in [0.2, 0.25) is 0 Å². The molecule has 0 unspecified atom stereocenters. The predicted octanol–water partition coefficient (Wildman–Crippen LogP) is 1.52. The van der Waals surface area contributed by atoms with Crippen LogP contribution in [0.15, 0.2) is 18.2 Å². The molecule has 0 aliphatic rings. The van der Waals surface area contributed by atoms with Crippen LogP contribution in [0.25, 0.3) is 5.57 Å². The summed E-state index contributed by atoms with van der Waals surface area (Å²) < 4.78 is 9.89. The summed E-state index contributed by atoms with van der Waals surface area (Å²) in [6.45, 7) is 0. The first-order valence-electron chi connectivity index (χ1n) is 4.68. The van der Waals surface area contributed by atoms with Gasteiger partial charge in [0.25, 0.3) is 0 Å². The van der Waals surface area contributed by atoms with E-state index < -0.39 is 0 Å². The van der Waals surface area contributed by atoms with Gasteiger partial charge in [0, 0.05) is 11.6 Å². The average molecular weight is 233 g/mol. The van der Waals surface area contributed by atoms with E-state index in [1.165, 1.54) is 26.4 Å². The second-order valence-corrected chi connectivity index (χ2v) is 3.08. The lowest BCUT2D eigenvalue weighted by molar-refractivity contribution is -0.103. The van der Waals surface area contributed by atoms with E-state index in [0.29, 0.717) is 11.8 Å². The Morgan fingerprint density at radius 2 is 1.88 bits per heavy atom. The summed E-state index contributed by atoms with van der Waals surface area (Å²) in [5.74, 6) is 0.191. The molecule has 0 saturated heterocycles. The van der Waals surface area contributed by atoms with Gasteiger partial charge >= 0.3 is 0 Å². The maximum Gasteiger partial charge on any atom is 0.200 e. The van der Waals surface area contributed by atoms with Crippen LogP contribution in [0.1, 0.15) is 5.56 Å². The fourth-order valence-corrected chi connectivity index (χ4v) is 1.32. The van der Waals surface area contributed by atoms with Crippen molar-refractivity contribution in [1.29, 1.82) is 5.26 Å². The first kappa shape index (κ1) is 12.6. The fourth-order valence-electron chi connectivity index (χ4n) is 1.32. The molecule has 5 nitrogen and oxygen atoms in total. The summed E-state index contributed by atoms with van der Waals surface area (Å²) in [6.07, 6.45) is 1.66. The van der Waals surface area contributed by atoms with Crippen molar-refractivity contribution in [2.24, 2.45) is 0 Å². The molecule has 0 bridgehead atoms. The summed E-state index contributed by atoms with van der Waals surface area (Å²) in [6, 6.07) is 4.68. The summed E-state index contributed by atoms with van der Waals surface area (Å²) >= 11 is 0. The highest BCUT2D eigenvalue weighted by Crippen LogP contribution is 2.38. The minimum atomic E-state index is -0.152. The molecular weight excluding hydrogens is 222 g/mol. The van der Waals surface area contributed by atoms with E-state index >= 15 is 0 Å². The van der Waals surface area contributed by atoms with Crippen molar-refractivity contribution >= 4 is 11.9 Å². The van der Waals surface area contributed by atoms with Crippen LogP contribution < -0.4 is 9.47 Å². The first-order chi connectivity index (χ1) is 8.17. The maximum atomic E-state index is 10.8. The molecular formula is C12H11NO4. The molecule has 0 aromatic heterocycles. The van der Waals surface area contributed by atoms with E-state index in [9.17, 15) is 9.90 Å². The standard InChI is InChI=1S/C12H11NO4/c1-16-10-5-9(8(7-14)3-4-13)6-11(17-2)12(10)15/h3,5-7,15H,1-2H3. The van der Waals surface area contributed by atoms with Crippen molar-refractivity contribution in [3.63, 3.8) is 0 Å². The van der Waals surface area contributed by atoms with E-state index in [1.807, 2.05) is 0 Å². The third kappa shape index (κ3) is 2.55. The van der Waals surface area contributed by atoms with Crippen molar-refractivity contribution in [3.05, 3.63) is 23.8 Å². The Morgan fingerprint density at radius 1 is 1.35 bits per heavy atom. The van der Waals surface area contributed by atoms with E-state index in [-0.39, 0.29) is 22.8 Å². The molecule has 0 spiro atoms. The monoisotopic (exact) mass is 233 g/mol. The lowest BCUT2D eigenvalue weighted by atomic mass is 10.1. The smallest absolute Gasteiger partial charge is 0.200 e. The molecule has 1 aromatic carbocycles. The molecule has 17 heavy (non-hydrogen) atoms. The van der Waals surface area contributed by atoms with E-state index in [2.05, 4.69) is 0 Å². The Morgan fingerprint density at radius 3 is 2.24 bits per heavy atom. The Hall–Kier alpha value is -2.48. The van der Waals surface area contributed by atoms with Crippen molar-refractivity contribution < 1.29 is 19.4 Å². The molecule has 88 valence electrons. The summed E-state index contributed by atoms with van der Waals surface area (Å²) in [5, 5.41) is 18.2. The van der Waals surface area contributed by atoms with Gasteiger partial charge < -0.3 is 14.6 Å². The molecule has 0 radical (unpaired) electrons. The number of carbonyl (C=O) groups is 1. The summed E-state index contributed by atoms with van der Waals surface area (Å²) in [5.41, 5.74) is 0.622. The number of aldehydes is 1. The van der Waals surface area contributed by atoms with Crippen molar-refractivity contribution in [1.82, 2.24) is 0 Å². The number of hydrogen-bond donors (Lipinski definition) is 1. The Balaban J connectivity index is 3.41. The molecule has 0 atom stereocenters. The first-order valence-corrected chi connectivity index (χ1v) is 4.68. The second kappa shape index (κ2) is 5.56. The van der Waals surface area contributed by atoms with Crippen LogP contribution in [0.3, 0.4) is 0 Å². The topological polar surface area (TPSA) is 79.6 Å². The number of rotatable bonds is 4. The average Bonchev–Trinajstić information content (AvgIpc) is 2.36. The molecule has 0 heterocycles. The second-order valence-electron chi connectivity index (χ2n) is 3.08. The van der Waals surface area contributed by atoms with Crippen molar-refractivity contribution in [2.75, 3.05) is 14.2 Å². The summed E-state index contributed by atoms with van der Waals surface area (Å²) in [4.78, 5) is 10.8. The van der Waals surface area contributed by atoms with Gasteiger partial charge in [-0.3, -0.25) is 4.79 Å². The molecule has 0 saturated carbocycles. The highest BCUT2D eigenvalue weighted by Gasteiger charge is 2.13. The molecule has 1 aromatic rings. The van der Waals surface area contributed by atoms with Crippen LogP contribution in [0, 0.1) is 11.3 Å². The van der Waals surface area contributed by atoms with Crippen LogP contribution in [0.5, 0.6) is 17.2 Å². The third-order valence-electron chi connectivity index (χ3n) is 2.16. The van der Waals surface area contributed by atoms with Crippen molar-refractivity contribution in [3.8, 4) is 23.3 Å². The van der Waals surface area contributed by atoms with Crippen LogP contribution in [0.4, 0.5) is 0 Å². The minimum absolute atomic E-state index is 0.152. The molecule has 0 fully saturated rings. The van der Waals surface area contributed by atoms with Gasteiger partial charge in [0.15, 0.2) is 17.8 Å². The zero-order valence-corrected chi connectivity index (χ0v) is 9.43. The van der Waals surface area contributed by atoms with Gasteiger partial charge in [-0.2, -0.15) is 5.26 Å². The van der Waals surface area contributed by atoms with Crippen LogP contribution in [-0.2, 0) is 4.79 Å². The zero-order chi connectivity index (χ0) is 12.8. The van der Waals surface area contributed by atoms with E-state index in [4.69, 9.17) is 14.7 Å². The number of phenols is 1. The van der Waals surface area contributed by atoms with Gasteiger partial charge in [-0.05, 0) is 17.7 Å². The number of nitriles is 1. The van der Waals surface area contributed by atoms with E-state index in [1.54, 1.807) is 6.07 Å². The number of phenolic OH excluding ortho intramolecular Hbond substituents is 1. The van der Waals surface area contributed by atoms with Gasteiger partial charge in [0.2, 0.25) is 5.75 Å². The lowest BCUT2D eigenvalue weighted by Crippen LogP contribution is -1.93. The maximum absolute atomic E-state index is 10.8. The number of nitrogens with zero attached hydrogens (tertiary/aromatic N) is 1. The number of hydrogen-bond acceptors (Lipinski definition) is 5. The number of aromatic hydroxyl groups is 1. The lowest BCUT2D eigenvalue weighted by Gasteiger charge is -2.10. The van der Waals surface area contributed by atoms with Gasteiger partial charge in [0.05, 0.1) is 20.3 Å². The molecule has 1 rings (SSSR count). The zero-order valence-electron chi connectivity index (χ0n) is 9.43. The summed E-state index contributed by atoms with van der Waals surface area (Å²) in [7, 11) is 2.76. The number of ether oxygens (including phenoxy) is 2. The van der Waals surface area contributed by atoms with Gasteiger partial charge in [-0.15, -0.1) is 0 Å². The molecule has 0 amide bonds. The Kier molecular flexibility index (Phi) is 4.12. The largest absolute Gasteiger partial charge is 0.502 e. The number of benzene rings is 1. The van der Waals surface area contributed by atoms with Gasteiger partial charge in [-0.25, -0.2) is 0 Å². The SMILES string of the molecule is COc1cc(C(C=O)=CC#N)cc(OC)c1O. The van der Waals surface area contributed by atoms with Crippen LogP contribution >= 0.6 is 0 Å². The predicted molar refractivity (Wildman–Crippen MR) is 60.9 cm³/mol. The highest BCUT2D eigenvalue weighted by atomic mass is 16.5. The van der Waals surface area contributed by atoms with Gasteiger partial charge in [0.1, 0.15) is 0 Å². The van der Waals surface area contributed by atoms with E-state index in [0.717, 1.165) is 6.08 Å². The molecule has 1 N–H and O–H groups in total. The number of carbonyl (C=O) groups excluding carboxylic acids is 1. The quantitative estimate of drug-likeness (QED) is 0.484. The number of methoxy groups -OCH3 is 2. The third-order valence-corrected chi connectivity index (χ3v) is 2.16.